The van der Waals surface area contributed by atoms with Crippen molar-refractivity contribution in [1.29, 1.82) is 0 Å². The van der Waals surface area contributed by atoms with Gasteiger partial charge in [0.1, 0.15) is 11.9 Å². The van der Waals surface area contributed by atoms with Crippen molar-refractivity contribution in [2.45, 2.75) is 56.5 Å². The standard InChI is InChI=1S/C26H34FN3O5S/c1-20(26(33)28-15-4-18-31)30(19-22-5-10-23(27)11-6-22)25(32)14-9-21-7-12-24(13-8-21)36(34,35)29-16-2-3-17-29/h5-8,10-13,20,31H,2-4,9,14-19H2,1H3,(H,28,33). The number of hydrogen-bond donors (Lipinski definition) is 2. The quantitative estimate of drug-likeness (QED) is 0.419. The lowest BCUT2D eigenvalue weighted by atomic mass is 10.1. The lowest BCUT2D eigenvalue weighted by molar-refractivity contribution is -0.140. The largest absolute Gasteiger partial charge is 0.396 e. The van der Waals surface area contributed by atoms with E-state index in [2.05, 4.69) is 5.32 Å². The molecule has 8 nitrogen and oxygen atoms in total. The summed E-state index contributed by atoms with van der Waals surface area (Å²) in [7, 11) is -3.50. The average molecular weight is 520 g/mol. The van der Waals surface area contributed by atoms with E-state index in [1.807, 2.05) is 0 Å². The molecule has 0 radical (unpaired) electrons. The molecule has 36 heavy (non-hydrogen) atoms. The van der Waals surface area contributed by atoms with Crippen LogP contribution >= 0.6 is 0 Å². The summed E-state index contributed by atoms with van der Waals surface area (Å²) >= 11 is 0. The minimum atomic E-state index is -3.50. The normalized spacial score (nSPS) is 15.0. The number of amides is 2. The number of halogens is 1. The first-order chi connectivity index (χ1) is 17.2. The van der Waals surface area contributed by atoms with E-state index in [0.717, 1.165) is 18.4 Å². The van der Waals surface area contributed by atoms with Gasteiger partial charge < -0.3 is 15.3 Å². The summed E-state index contributed by atoms with van der Waals surface area (Å²) in [6.07, 6.45) is 2.64. The maximum atomic E-state index is 13.3. The van der Waals surface area contributed by atoms with Gasteiger partial charge in [-0.1, -0.05) is 24.3 Å². The number of aliphatic hydroxyl groups excluding tert-OH is 1. The maximum absolute atomic E-state index is 13.3. The van der Waals surface area contributed by atoms with Gasteiger partial charge in [0.15, 0.2) is 0 Å². The first kappa shape index (κ1) is 27.8. The second kappa shape index (κ2) is 12.9. The number of aryl methyl sites for hydroxylation is 1. The molecule has 2 N–H and O–H groups in total. The second-order valence-corrected chi connectivity index (χ2v) is 10.9. The molecule has 196 valence electrons. The lowest BCUT2D eigenvalue weighted by Gasteiger charge is -2.29. The monoisotopic (exact) mass is 519 g/mol. The molecule has 3 rings (SSSR count). The number of benzene rings is 2. The SMILES string of the molecule is CC(C(=O)NCCCO)N(Cc1ccc(F)cc1)C(=O)CCc1ccc(S(=O)(=O)N2CCCC2)cc1. The first-order valence-electron chi connectivity index (χ1n) is 12.2. The predicted molar refractivity (Wildman–Crippen MR) is 134 cm³/mol. The van der Waals surface area contributed by atoms with Gasteiger partial charge in [-0.15, -0.1) is 0 Å². The zero-order valence-electron chi connectivity index (χ0n) is 20.5. The molecule has 1 atom stereocenters. The summed E-state index contributed by atoms with van der Waals surface area (Å²) in [5, 5.41) is 11.7. The van der Waals surface area contributed by atoms with E-state index in [-0.39, 0.29) is 42.1 Å². The third-order valence-electron chi connectivity index (χ3n) is 6.32. The van der Waals surface area contributed by atoms with Crippen molar-refractivity contribution >= 4 is 21.8 Å². The van der Waals surface area contributed by atoms with E-state index in [0.29, 0.717) is 38.0 Å². The van der Waals surface area contributed by atoms with E-state index < -0.39 is 16.1 Å². The van der Waals surface area contributed by atoms with Gasteiger partial charge in [0, 0.05) is 39.2 Å². The molecule has 10 heteroatoms. The molecule has 2 amide bonds. The Kier molecular flexibility index (Phi) is 9.98. The summed E-state index contributed by atoms with van der Waals surface area (Å²) in [5.74, 6) is -0.977. The Balaban J connectivity index is 1.67. The molecular formula is C26H34FN3O5S. The van der Waals surface area contributed by atoms with Crippen molar-refractivity contribution in [1.82, 2.24) is 14.5 Å². The summed E-state index contributed by atoms with van der Waals surface area (Å²) in [5.41, 5.74) is 1.50. The Hall–Kier alpha value is -2.82. The van der Waals surface area contributed by atoms with E-state index in [9.17, 15) is 22.4 Å². The van der Waals surface area contributed by atoms with Gasteiger partial charge in [0.2, 0.25) is 21.8 Å². The Morgan fingerprint density at radius 2 is 1.67 bits per heavy atom. The third kappa shape index (κ3) is 7.35. The van der Waals surface area contributed by atoms with Crippen LogP contribution in [-0.4, -0.2) is 66.8 Å². The molecule has 1 aliphatic heterocycles. The van der Waals surface area contributed by atoms with Crippen molar-refractivity contribution in [2.24, 2.45) is 0 Å². The van der Waals surface area contributed by atoms with Gasteiger partial charge in [-0.3, -0.25) is 9.59 Å². The number of nitrogens with zero attached hydrogens (tertiary/aromatic N) is 2. The highest BCUT2D eigenvalue weighted by molar-refractivity contribution is 7.89. The van der Waals surface area contributed by atoms with E-state index in [4.69, 9.17) is 5.11 Å². The van der Waals surface area contributed by atoms with E-state index in [1.54, 1.807) is 43.3 Å². The molecule has 0 spiro atoms. The maximum Gasteiger partial charge on any atom is 0.243 e. The minimum Gasteiger partial charge on any atom is -0.396 e. The predicted octanol–water partition coefficient (Wildman–Crippen LogP) is 2.46. The van der Waals surface area contributed by atoms with Crippen LogP contribution in [0.2, 0.25) is 0 Å². The van der Waals surface area contributed by atoms with E-state index in [1.165, 1.54) is 21.3 Å². The van der Waals surface area contributed by atoms with Crippen LogP contribution < -0.4 is 5.32 Å². The number of carbonyl (C=O) groups excluding carboxylic acids is 2. The van der Waals surface area contributed by atoms with Crippen LogP contribution in [0.3, 0.4) is 0 Å². The molecule has 2 aromatic rings. The fraction of sp³-hybridized carbons (Fsp3) is 0.462. The number of sulfonamides is 1. The molecule has 1 unspecified atom stereocenters. The molecule has 1 fully saturated rings. The molecule has 1 aliphatic rings. The zero-order chi connectivity index (χ0) is 26.1. The Morgan fingerprint density at radius 1 is 1.06 bits per heavy atom. The fourth-order valence-corrected chi connectivity index (χ4v) is 5.63. The summed E-state index contributed by atoms with van der Waals surface area (Å²) in [4.78, 5) is 27.5. The van der Waals surface area contributed by atoms with Gasteiger partial charge in [-0.05, 0) is 68.0 Å². The number of aliphatic hydroxyl groups is 1. The molecular weight excluding hydrogens is 485 g/mol. The van der Waals surface area contributed by atoms with Crippen molar-refractivity contribution in [3.63, 3.8) is 0 Å². The lowest BCUT2D eigenvalue weighted by Crippen LogP contribution is -2.48. The van der Waals surface area contributed by atoms with Gasteiger partial charge >= 0.3 is 0 Å². The number of nitrogens with one attached hydrogen (secondary N) is 1. The second-order valence-electron chi connectivity index (χ2n) is 8.95. The van der Waals surface area contributed by atoms with Crippen LogP contribution in [0.15, 0.2) is 53.4 Å². The van der Waals surface area contributed by atoms with Crippen molar-refractivity contribution in [3.05, 3.63) is 65.5 Å². The smallest absolute Gasteiger partial charge is 0.243 e. The van der Waals surface area contributed by atoms with Crippen LogP contribution in [0, 0.1) is 5.82 Å². The summed E-state index contributed by atoms with van der Waals surface area (Å²) in [6, 6.07) is 11.6. The average Bonchev–Trinajstić information content (AvgIpc) is 3.43. The van der Waals surface area contributed by atoms with Crippen LogP contribution in [0.5, 0.6) is 0 Å². The van der Waals surface area contributed by atoms with Crippen LogP contribution in [0.4, 0.5) is 4.39 Å². The first-order valence-corrected chi connectivity index (χ1v) is 13.7. The molecule has 0 aromatic heterocycles. The highest BCUT2D eigenvalue weighted by Gasteiger charge is 2.28. The van der Waals surface area contributed by atoms with Gasteiger partial charge in [-0.25, -0.2) is 12.8 Å². The molecule has 0 bridgehead atoms. The Bertz CT molecular complexity index is 1120. The van der Waals surface area contributed by atoms with E-state index >= 15 is 0 Å². The van der Waals surface area contributed by atoms with Crippen molar-refractivity contribution in [2.75, 3.05) is 26.2 Å². The highest BCUT2D eigenvalue weighted by atomic mass is 32.2. The number of carbonyl (C=O) groups is 2. The number of rotatable bonds is 12. The Morgan fingerprint density at radius 3 is 2.28 bits per heavy atom. The van der Waals surface area contributed by atoms with Crippen molar-refractivity contribution < 1.29 is 27.5 Å². The zero-order valence-corrected chi connectivity index (χ0v) is 21.3. The van der Waals surface area contributed by atoms with Crippen LogP contribution in [0.25, 0.3) is 0 Å². The van der Waals surface area contributed by atoms with Crippen molar-refractivity contribution in [3.8, 4) is 0 Å². The molecule has 1 heterocycles. The molecule has 2 aromatic carbocycles. The molecule has 0 saturated carbocycles. The minimum absolute atomic E-state index is 0.0506. The van der Waals surface area contributed by atoms with Crippen LogP contribution in [0.1, 0.15) is 43.7 Å². The third-order valence-corrected chi connectivity index (χ3v) is 8.23. The Labute approximate surface area is 212 Å². The summed E-state index contributed by atoms with van der Waals surface area (Å²) in [6.45, 7) is 3.09. The van der Waals surface area contributed by atoms with Gasteiger partial charge in [-0.2, -0.15) is 4.31 Å². The molecule has 1 saturated heterocycles. The molecule has 0 aliphatic carbocycles. The summed E-state index contributed by atoms with van der Waals surface area (Å²) < 4.78 is 40.3. The topological polar surface area (TPSA) is 107 Å². The highest BCUT2D eigenvalue weighted by Crippen LogP contribution is 2.22. The van der Waals surface area contributed by atoms with Gasteiger partial charge in [0.25, 0.3) is 0 Å². The van der Waals surface area contributed by atoms with Crippen LogP contribution in [-0.2, 0) is 32.6 Å². The fourth-order valence-electron chi connectivity index (χ4n) is 4.11. The number of hydrogen-bond acceptors (Lipinski definition) is 5. The van der Waals surface area contributed by atoms with Gasteiger partial charge in [0.05, 0.1) is 4.90 Å².